The van der Waals surface area contributed by atoms with Gasteiger partial charge in [-0.3, -0.25) is 4.98 Å². The molecular weight excluding hydrogens is 237 g/mol. The van der Waals surface area contributed by atoms with Crippen molar-refractivity contribution in [2.75, 3.05) is 16.1 Å². The normalized spacial score (nSPS) is 10.0. The molecule has 0 fully saturated rings. The Morgan fingerprint density at radius 2 is 2.00 bits per heavy atom. The van der Waals surface area contributed by atoms with Crippen LogP contribution in [0.25, 0.3) is 0 Å². The van der Waals surface area contributed by atoms with E-state index in [1.54, 1.807) is 24.5 Å². The van der Waals surface area contributed by atoms with Gasteiger partial charge in [-0.15, -0.1) is 0 Å². The number of anilines is 2. The summed E-state index contributed by atoms with van der Waals surface area (Å²) in [7, 11) is 1.90. The summed E-state index contributed by atoms with van der Waals surface area (Å²) in [5, 5.41) is 0. The molecule has 0 atom stereocenters. The molecule has 1 heterocycles. The number of nitrogens with zero attached hydrogens (tertiary/aromatic N) is 2. The van der Waals surface area contributed by atoms with E-state index in [4.69, 9.17) is 0 Å². The van der Waals surface area contributed by atoms with Crippen molar-refractivity contribution >= 4 is 23.5 Å². The third-order valence-corrected chi connectivity index (χ3v) is 2.96. The monoisotopic (exact) mass is 249 g/mol. The Morgan fingerprint density at radius 1 is 1.24 bits per heavy atom. The SMILES string of the molecule is CN(SNc1cccnc1)c1ccc(F)cc1. The molecule has 0 saturated heterocycles. The lowest BCUT2D eigenvalue weighted by molar-refractivity contribution is 0.628. The molecule has 3 nitrogen and oxygen atoms in total. The minimum absolute atomic E-state index is 0.229. The van der Waals surface area contributed by atoms with E-state index >= 15 is 0 Å². The molecule has 0 radical (unpaired) electrons. The van der Waals surface area contributed by atoms with Crippen molar-refractivity contribution in [2.24, 2.45) is 0 Å². The van der Waals surface area contributed by atoms with Gasteiger partial charge in [-0.05, 0) is 36.4 Å². The van der Waals surface area contributed by atoms with Gasteiger partial charge in [0, 0.05) is 18.9 Å². The summed E-state index contributed by atoms with van der Waals surface area (Å²) in [4.78, 5) is 4.00. The van der Waals surface area contributed by atoms with E-state index in [1.807, 2.05) is 23.5 Å². The summed E-state index contributed by atoms with van der Waals surface area (Å²) in [6, 6.07) is 10.1. The third kappa shape index (κ3) is 3.35. The highest BCUT2D eigenvalue weighted by Gasteiger charge is 2.01. The van der Waals surface area contributed by atoms with Crippen molar-refractivity contribution in [3.63, 3.8) is 0 Å². The summed E-state index contributed by atoms with van der Waals surface area (Å²) in [5.41, 5.74) is 1.85. The van der Waals surface area contributed by atoms with Crippen LogP contribution >= 0.6 is 12.1 Å². The standard InChI is InChI=1S/C12H12FN3S/c1-16(12-6-4-10(13)5-7-12)17-15-11-3-2-8-14-9-11/h2-9,15H,1H3. The quantitative estimate of drug-likeness (QED) is 0.841. The van der Waals surface area contributed by atoms with Gasteiger partial charge in [-0.25, -0.2) is 4.39 Å². The molecule has 2 aromatic rings. The van der Waals surface area contributed by atoms with E-state index in [0.29, 0.717) is 0 Å². The molecule has 2 rings (SSSR count). The number of pyridine rings is 1. The summed E-state index contributed by atoms with van der Waals surface area (Å²) < 4.78 is 17.8. The first-order valence-electron chi connectivity index (χ1n) is 5.08. The lowest BCUT2D eigenvalue weighted by Crippen LogP contribution is -2.09. The summed E-state index contributed by atoms with van der Waals surface area (Å²) in [6.07, 6.45) is 3.46. The third-order valence-electron chi connectivity index (χ3n) is 2.15. The molecule has 0 spiro atoms. The highest BCUT2D eigenvalue weighted by molar-refractivity contribution is 8.01. The van der Waals surface area contributed by atoms with Crippen molar-refractivity contribution in [2.45, 2.75) is 0 Å². The first-order chi connectivity index (χ1) is 8.25. The van der Waals surface area contributed by atoms with Crippen molar-refractivity contribution < 1.29 is 4.39 Å². The Hall–Kier alpha value is -1.75. The van der Waals surface area contributed by atoms with Gasteiger partial charge in [0.15, 0.2) is 0 Å². The molecule has 0 aliphatic heterocycles. The van der Waals surface area contributed by atoms with Gasteiger partial charge in [0.1, 0.15) is 5.82 Å². The zero-order valence-corrected chi connectivity index (χ0v) is 10.1. The molecule has 17 heavy (non-hydrogen) atoms. The highest BCUT2D eigenvalue weighted by atomic mass is 32.2. The molecule has 1 aromatic heterocycles. The van der Waals surface area contributed by atoms with Crippen LogP contribution in [0.15, 0.2) is 48.8 Å². The van der Waals surface area contributed by atoms with Gasteiger partial charge in [0.2, 0.25) is 0 Å². The molecule has 0 aliphatic rings. The Balaban J connectivity index is 1.93. The van der Waals surface area contributed by atoms with Crippen molar-refractivity contribution in [1.29, 1.82) is 0 Å². The molecular formula is C12H12FN3S. The fourth-order valence-electron chi connectivity index (χ4n) is 1.25. The predicted molar refractivity (Wildman–Crippen MR) is 70.3 cm³/mol. The van der Waals surface area contributed by atoms with E-state index < -0.39 is 0 Å². The number of hydrogen-bond acceptors (Lipinski definition) is 4. The lowest BCUT2D eigenvalue weighted by Gasteiger charge is -2.17. The Bertz CT molecular complexity index is 461. The van der Waals surface area contributed by atoms with Crippen LogP contribution in [-0.4, -0.2) is 12.0 Å². The van der Waals surface area contributed by atoms with Crippen molar-refractivity contribution in [1.82, 2.24) is 4.98 Å². The van der Waals surface area contributed by atoms with Crippen molar-refractivity contribution in [3.8, 4) is 0 Å². The Labute approximate surface area is 104 Å². The van der Waals surface area contributed by atoms with Crippen LogP contribution in [0, 0.1) is 5.82 Å². The number of nitrogens with one attached hydrogen (secondary N) is 1. The Morgan fingerprint density at radius 3 is 2.65 bits per heavy atom. The van der Waals surface area contributed by atoms with E-state index in [1.165, 1.54) is 24.3 Å². The average molecular weight is 249 g/mol. The minimum atomic E-state index is -0.229. The first kappa shape index (κ1) is 11.7. The van der Waals surface area contributed by atoms with Gasteiger partial charge >= 0.3 is 0 Å². The fourth-order valence-corrected chi connectivity index (χ4v) is 1.84. The maximum atomic E-state index is 12.8. The van der Waals surface area contributed by atoms with Crippen LogP contribution in [0.5, 0.6) is 0 Å². The summed E-state index contributed by atoms with van der Waals surface area (Å²) in [6.45, 7) is 0. The van der Waals surface area contributed by atoms with Crippen LogP contribution in [0.1, 0.15) is 0 Å². The smallest absolute Gasteiger partial charge is 0.123 e. The lowest BCUT2D eigenvalue weighted by atomic mass is 10.3. The molecule has 0 amide bonds. The number of rotatable bonds is 4. The fraction of sp³-hybridized carbons (Fsp3) is 0.0833. The first-order valence-corrected chi connectivity index (χ1v) is 5.85. The minimum Gasteiger partial charge on any atom is -0.310 e. The largest absolute Gasteiger partial charge is 0.310 e. The second kappa shape index (κ2) is 5.54. The number of benzene rings is 1. The second-order valence-corrected chi connectivity index (χ2v) is 4.34. The maximum absolute atomic E-state index is 12.8. The zero-order valence-electron chi connectivity index (χ0n) is 9.30. The summed E-state index contributed by atoms with van der Waals surface area (Å²) in [5.74, 6) is -0.229. The molecule has 88 valence electrons. The molecule has 0 bridgehead atoms. The molecule has 0 aliphatic carbocycles. The highest BCUT2D eigenvalue weighted by Crippen LogP contribution is 2.21. The van der Waals surface area contributed by atoms with Crippen LogP contribution < -0.4 is 9.03 Å². The van der Waals surface area contributed by atoms with E-state index in [9.17, 15) is 4.39 Å². The van der Waals surface area contributed by atoms with Crippen LogP contribution in [0.4, 0.5) is 15.8 Å². The van der Waals surface area contributed by atoms with Gasteiger partial charge in [-0.2, -0.15) is 0 Å². The Kier molecular flexibility index (Phi) is 3.82. The zero-order chi connectivity index (χ0) is 12.1. The number of aromatic nitrogens is 1. The van der Waals surface area contributed by atoms with Gasteiger partial charge < -0.3 is 9.03 Å². The average Bonchev–Trinajstić information content (AvgIpc) is 2.38. The second-order valence-electron chi connectivity index (χ2n) is 3.41. The number of halogens is 1. The molecule has 5 heteroatoms. The van der Waals surface area contributed by atoms with Crippen LogP contribution in [0.2, 0.25) is 0 Å². The molecule has 0 unspecified atom stereocenters. The van der Waals surface area contributed by atoms with Gasteiger partial charge in [-0.1, -0.05) is 0 Å². The van der Waals surface area contributed by atoms with E-state index in [0.717, 1.165) is 11.4 Å². The molecule has 0 saturated carbocycles. The summed E-state index contributed by atoms with van der Waals surface area (Å²) >= 11 is 1.41. The van der Waals surface area contributed by atoms with Gasteiger partial charge in [0.05, 0.1) is 24.0 Å². The van der Waals surface area contributed by atoms with E-state index in [-0.39, 0.29) is 5.82 Å². The number of hydrogen-bond donors (Lipinski definition) is 1. The maximum Gasteiger partial charge on any atom is 0.123 e. The van der Waals surface area contributed by atoms with Crippen LogP contribution in [0.3, 0.4) is 0 Å². The van der Waals surface area contributed by atoms with Gasteiger partial charge in [0.25, 0.3) is 0 Å². The van der Waals surface area contributed by atoms with E-state index in [2.05, 4.69) is 9.71 Å². The molecule has 1 N–H and O–H groups in total. The van der Waals surface area contributed by atoms with Crippen molar-refractivity contribution in [3.05, 3.63) is 54.6 Å². The van der Waals surface area contributed by atoms with Crippen LogP contribution in [-0.2, 0) is 0 Å². The molecule has 1 aromatic carbocycles. The predicted octanol–water partition coefficient (Wildman–Crippen LogP) is 3.33. The topological polar surface area (TPSA) is 28.2 Å².